The van der Waals surface area contributed by atoms with E-state index in [-0.39, 0.29) is 17.3 Å². The highest BCUT2D eigenvalue weighted by molar-refractivity contribution is 6.02. The number of H-pyrrole nitrogens is 1. The van der Waals surface area contributed by atoms with Gasteiger partial charge in [0.15, 0.2) is 0 Å². The molecule has 0 aliphatic rings. The maximum atomic E-state index is 11.8. The van der Waals surface area contributed by atoms with Gasteiger partial charge in [0.2, 0.25) is 5.95 Å². The third kappa shape index (κ3) is 2.48. The molecule has 0 fully saturated rings. The van der Waals surface area contributed by atoms with Crippen LogP contribution in [0.25, 0.3) is 0 Å². The number of aromatic nitrogens is 4. The number of hydrogen-bond donors (Lipinski definition) is 2. The van der Waals surface area contributed by atoms with Gasteiger partial charge in [-0.2, -0.15) is 10.1 Å². The van der Waals surface area contributed by atoms with Crippen LogP contribution in [0.15, 0.2) is 24.5 Å². The van der Waals surface area contributed by atoms with Crippen molar-refractivity contribution in [3.8, 4) is 0 Å². The van der Waals surface area contributed by atoms with Gasteiger partial charge in [0.1, 0.15) is 17.7 Å². The highest BCUT2D eigenvalue weighted by Crippen LogP contribution is 2.03. The molecule has 0 radical (unpaired) electrons. The predicted octanol–water partition coefficient (Wildman–Crippen LogP) is 0.239. The molecule has 0 atom stereocenters. The van der Waals surface area contributed by atoms with E-state index >= 15 is 0 Å². The first kappa shape index (κ1) is 11.7. The summed E-state index contributed by atoms with van der Waals surface area (Å²) in [7, 11) is 1.24. The van der Waals surface area contributed by atoms with Crippen molar-refractivity contribution in [2.75, 3.05) is 12.4 Å². The van der Waals surface area contributed by atoms with Gasteiger partial charge in [-0.3, -0.25) is 10.1 Å². The number of carbonyl (C=O) groups is 2. The molecule has 0 aliphatic heterocycles. The lowest BCUT2D eigenvalue weighted by molar-refractivity contribution is 0.0594. The number of methoxy groups -OCH3 is 1. The van der Waals surface area contributed by atoms with Gasteiger partial charge in [0.05, 0.1) is 7.11 Å². The Morgan fingerprint density at radius 3 is 2.78 bits per heavy atom. The number of nitrogens with one attached hydrogen (secondary N) is 2. The zero-order valence-electron chi connectivity index (χ0n) is 9.38. The van der Waals surface area contributed by atoms with E-state index in [1.165, 1.54) is 31.6 Å². The van der Waals surface area contributed by atoms with Gasteiger partial charge in [-0.05, 0) is 12.1 Å². The van der Waals surface area contributed by atoms with Crippen molar-refractivity contribution in [1.82, 2.24) is 20.2 Å². The summed E-state index contributed by atoms with van der Waals surface area (Å²) in [6, 6.07) is 4.46. The molecule has 0 saturated heterocycles. The van der Waals surface area contributed by atoms with Crippen molar-refractivity contribution in [2.24, 2.45) is 0 Å². The van der Waals surface area contributed by atoms with Crippen molar-refractivity contribution in [3.63, 3.8) is 0 Å². The molecule has 92 valence electrons. The monoisotopic (exact) mass is 247 g/mol. The van der Waals surface area contributed by atoms with Crippen LogP contribution < -0.4 is 5.32 Å². The van der Waals surface area contributed by atoms with Gasteiger partial charge in [-0.1, -0.05) is 6.07 Å². The number of hydrogen-bond acceptors (Lipinski definition) is 6. The summed E-state index contributed by atoms with van der Waals surface area (Å²) in [6.45, 7) is 0. The third-order valence-corrected chi connectivity index (χ3v) is 2.02. The van der Waals surface area contributed by atoms with Crippen molar-refractivity contribution in [2.45, 2.75) is 0 Å². The second-order valence-corrected chi connectivity index (χ2v) is 3.19. The topological polar surface area (TPSA) is 110 Å². The van der Waals surface area contributed by atoms with Crippen LogP contribution in [0.5, 0.6) is 0 Å². The number of carbonyl (C=O) groups excluding carboxylic acids is 2. The van der Waals surface area contributed by atoms with Crippen LogP contribution in [0.4, 0.5) is 5.95 Å². The lowest BCUT2D eigenvalue weighted by atomic mass is 10.3. The first-order valence-electron chi connectivity index (χ1n) is 4.93. The average Bonchev–Trinajstić information content (AvgIpc) is 2.90. The fourth-order valence-corrected chi connectivity index (χ4v) is 1.22. The number of rotatable bonds is 3. The summed E-state index contributed by atoms with van der Waals surface area (Å²) in [4.78, 5) is 30.6. The van der Waals surface area contributed by atoms with E-state index in [2.05, 4.69) is 30.2 Å². The average molecular weight is 247 g/mol. The maximum absolute atomic E-state index is 11.8. The molecular formula is C10H9N5O3. The quantitative estimate of drug-likeness (QED) is 0.751. The standard InChI is InChI=1S/C10H9N5O3/c1-18-9(17)7-4-2-3-6(13-7)8(16)14-10-11-5-12-15-10/h2-5H,1H3,(H2,11,12,14,15,16). The Hall–Kier alpha value is -2.77. The molecule has 0 bridgehead atoms. The Labute approximate surface area is 101 Å². The van der Waals surface area contributed by atoms with Gasteiger partial charge in [-0.25, -0.2) is 14.9 Å². The van der Waals surface area contributed by atoms with E-state index in [1.807, 2.05) is 0 Å². The molecule has 8 nitrogen and oxygen atoms in total. The minimum absolute atomic E-state index is 0.0581. The van der Waals surface area contributed by atoms with Crippen LogP contribution in [0.3, 0.4) is 0 Å². The van der Waals surface area contributed by atoms with Crippen molar-refractivity contribution < 1.29 is 14.3 Å². The van der Waals surface area contributed by atoms with E-state index in [4.69, 9.17) is 0 Å². The van der Waals surface area contributed by atoms with E-state index in [0.29, 0.717) is 0 Å². The molecule has 2 N–H and O–H groups in total. The first-order valence-corrected chi connectivity index (χ1v) is 4.93. The number of esters is 1. The molecule has 0 aliphatic carbocycles. The third-order valence-electron chi connectivity index (χ3n) is 2.02. The Morgan fingerprint density at radius 1 is 1.33 bits per heavy atom. The molecular weight excluding hydrogens is 238 g/mol. The van der Waals surface area contributed by atoms with Crippen LogP contribution in [0.1, 0.15) is 21.0 Å². The van der Waals surface area contributed by atoms with Gasteiger partial charge < -0.3 is 4.74 Å². The summed E-state index contributed by atoms with van der Waals surface area (Å²) >= 11 is 0. The molecule has 8 heteroatoms. The Bertz CT molecular complexity index is 567. The summed E-state index contributed by atoms with van der Waals surface area (Å²) in [5, 5.41) is 8.50. The molecule has 0 aromatic carbocycles. The fourth-order valence-electron chi connectivity index (χ4n) is 1.22. The molecule has 0 unspecified atom stereocenters. The van der Waals surface area contributed by atoms with E-state index in [0.717, 1.165) is 0 Å². The van der Waals surface area contributed by atoms with Crippen LogP contribution >= 0.6 is 0 Å². The first-order chi connectivity index (χ1) is 8.70. The van der Waals surface area contributed by atoms with Crippen LogP contribution in [-0.2, 0) is 4.74 Å². The number of nitrogens with zero attached hydrogens (tertiary/aromatic N) is 3. The zero-order chi connectivity index (χ0) is 13.0. The highest BCUT2D eigenvalue weighted by atomic mass is 16.5. The summed E-state index contributed by atoms with van der Waals surface area (Å²) < 4.78 is 4.52. The van der Waals surface area contributed by atoms with Crippen molar-refractivity contribution in [3.05, 3.63) is 35.9 Å². The van der Waals surface area contributed by atoms with E-state index < -0.39 is 11.9 Å². The molecule has 18 heavy (non-hydrogen) atoms. The minimum atomic E-state index is -0.607. The molecule has 0 saturated carbocycles. The summed E-state index contributed by atoms with van der Waals surface area (Å²) in [6.07, 6.45) is 1.26. The summed E-state index contributed by atoms with van der Waals surface area (Å²) in [5.74, 6) is -0.910. The largest absolute Gasteiger partial charge is 0.464 e. The van der Waals surface area contributed by atoms with Crippen molar-refractivity contribution >= 4 is 17.8 Å². The minimum Gasteiger partial charge on any atom is -0.464 e. The van der Waals surface area contributed by atoms with Crippen LogP contribution in [-0.4, -0.2) is 39.2 Å². The molecule has 2 aromatic rings. The zero-order valence-corrected chi connectivity index (χ0v) is 9.38. The number of amides is 1. The number of aromatic amines is 1. The normalized spacial score (nSPS) is 9.83. The van der Waals surface area contributed by atoms with Gasteiger partial charge in [0.25, 0.3) is 5.91 Å². The molecule has 2 heterocycles. The van der Waals surface area contributed by atoms with Crippen molar-refractivity contribution in [1.29, 1.82) is 0 Å². The maximum Gasteiger partial charge on any atom is 0.356 e. The van der Waals surface area contributed by atoms with E-state index in [9.17, 15) is 9.59 Å². The van der Waals surface area contributed by atoms with Crippen LogP contribution in [0, 0.1) is 0 Å². The van der Waals surface area contributed by atoms with Gasteiger partial charge in [-0.15, -0.1) is 0 Å². The smallest absolute Gasteiger partial charge is 0.356 e. The second kappa shape index (κ2) is 5.04. The lowest BCUT2D eigenvalue weighted by Crippen LogP contribution is -2.16. The molecule has 2 aromatic heterocycles. The van der Waals surface area contributed by atoms with Gasteiger partial charge in [0, 0.05) is 0 Å². The Kier molecular flexibility index (Phi) is 3.28. The van der Waals surface area contributed by atoms with E-state index in [1.54, 1.807) is 0 Å². The molecule has 2 rings (SSSR count). The molecule has 1 amide bonds. The lowest BCUT2D eigenvalue weighted by Gasteiger charge is -2.02. The molecule has 0 spiro atoms. The summed E-state index contributed by atoms with van der Waals surface area (Å²) in [5.41, 5.74) is 0.136. The Balaban J connectivity index is 2.18. The second-order valence-electron chi connectivity index (χ2n) is 3.19. The van der Waals surface area contributed by atoms with Crippen LogP contribution in [0.2, 0.25) is 0 Å². The number of anilines is 1. The Morgan fingerprint density at radius 2 is 2.11 bits per heavy atom. The fraction of sp³-hybridized carbons (Fsp3) is 0.100. The number of pyridine rings is 1. The highest BCUT2D eigenvalue weighted by Gasteiger charge is 2.13. The SMILES string of the molecule is COC(=O)c1cccc(C(=O)Nc2ncn[nH]2)n1. The van der Waals surface area contributed by atoms with Gasteiger partial charge >= 0.3 is 5.97 Å². The predicted molar refractivity (Wildman–Crippen MR) is 59.9 cm³/mol. The number of ether oxygens (including phenoxy) is 1.